The van der Waals surface area contributed by atoms with E-state index in [-0.39, 0.29) is 12.5 Å². The van der Waals surface area contributed by atoms with Crippen molar-refractivity contribution >= 4 is 28.9 Å². The standard InChI is InChI=1S/C25H29N3O5/c1-5-7-14-27-23(29)21(24(30)33-6-2)22(16-12-13-19(31-3)20(15-16)32-4)28-18-11-9-8-10-17(18)26-25(27)28/h8-13,15,21-22H,5-7,14H2,1-4H3/t21-,22-/m0/s1. The number of benzene rings is 2. The van der Waals surface area contributed by atoms with Gasteiger partial charge in [-0.1, -0.05) is 31.5 Å². The van der Waals surface area contributed by atoms with E-state index in [9.17, 15) is 9.59 Å². The van der Waals surface area contributed by atoms with E-state index in [1.807, 2.05) is 41.0 Å². The maximum absolute atomic E-state index is 13.8. The lowest BCUT2D eigenvalue weighted by Gasteiger charge is -2.38. The first-order valence-corrected chi connectivity index (χ1v) is 11.2. The van der Waals surface area contributed by atoms with Crippen molar-refractivity contribution in [3.05, 3.63) is 48.0 Å². The molecule has 174 valence electrons. The quantitative estimate of drug-likeness (QED) is 0.381. The largest absolute Gasteiger partial charge is 0.493 e. The van der Waals surface area contributed by atoms with Gasteiger partial charge in [-0.25, -0.2) is 4.98 Å². The van der Waals surface area contributed by atoms with Crippen molar-refractivity contribution < 1.29 is 23.8 Å². The molecular formula is C25H29N3O5. The highest BCUT2D eigenvalue weighted by atomic mass is 16.5. The molecule has 1 amide bonds. The minimum absolute atomic E-state index is 0.188. The van der Waals surface area contributed by atoms with Crippen molar-refractivity contribution in [1.82, 2.24) is 9.55 Å². The number of carbonyl (C=O) groups excluding carboxylic acids is 2. The van der Waals surface area contributed by atoms with Gasteiger partial charge in [0.05, 0.1) is 37.9 Å². The first kappa shape index (κ1) is 22.6. The fraction of sp³-hybridized carbons (Fsp3) is 0.400. The average molecular weight is 452 g/mol. The number of hydrogen-bond donors (Lipinski definition) is 0. The Labute approximate surface area is 193 Å². The number of anilines is 1. The Bertz CT molecular complexity index is 1170. The number of carbonyl (C=O) groups is 2. The Morgan fingerprint density at radius 3 is 2.52 bits per heavy atom. The fourth-order valence-corrected chi connectivity index (χ4v) is 4.41. The smallest absolute Gasteiger partial charge is 0.321 e. The first-order chi connectivity index (χ1) is 16.0. The molecule has 2 atom stereocenters. The van der Waals surface area contributed by atoms with Crippen LogP contribution in [0.15, 0.2) is 42.5 Å². The summed E-state index contributed by atoms with van der Waals surface area (Å²) in [6, 6.07) is 12.5. The van der Waals surface area contributed by atoms with Crippen molar-refractivity contribution in [2.24, 2.45) is 5.92 Å². The van der Waals surface area contributed by atoms with Crippen LogP contribution in [0.2, 0.25) is 0 Å². The summed E-state index contributed by atoms with van der Waals surface area (Å²) in [6.45, 7) is 4.47. The van der Waals surface area contributed by atoms with E-state index in [0.29, 0.717) is 24.0 Å². The number of amides is 1. The Balaban J connectivity index is 1.98. The molecule has 33 heavy (non-hydrogen) atoms. The molecule has 0 aliphatic carbocycles. The Morgan fingerprint density at radius 2 is 1.82 bits per heavy atom. The zero-order chi connectivity index (χ0) is 23.5. The molecule has 8 heteroatoms. The van der Waals surface area contributed by atoms with E-state index in [1.165, 1.54) is 0 Å². The summed E-state index contributed by atoms with van der Waals surface area (Å²) in [5.74, 6) is -0.280. The molecule has 0 bridgehead atoms. The van der Waals surface area contributed by atoms with Crippen LogP contribution in [0.25, 0.3) is 11.0 Å². The zero-order valence-corrected chi connectivity index (χ0v) is 19.4. The summed E-state index contributed by atoms with van der Waals surface area (Å²) in [5, 5.41) is 0. The zero-order valence-electron chi connectivity index (χ0n) is 19.4. The lowest BCUT2D eigenvalue weighted by Crippen LogP contribution is -2.50. The topological polar surface area (TPSA) is 82.9 Å². The molecule has 0 spiro atoms. The SMILES string of the molecule is CCCCN1C(=O)[C@@H](C(=O)OCC)[C@H](c2ccc(OC)c(OC)c2)n2c1nc1ccccc12. The van der Waals surface area contributed by atoms with Crippen LogP contribution in [0.4, 0.5) is 5.95 Å². The summed E-state index contributed by atoms with van der Waals surface area (Å²) in [5.41, 5.74) is 2.34. The van der Waals surface area contributed by atoms with E-state index in [0.717, 1.165) is 29.4 Å². The molecule has 8 nitrogen and oxygen atoms in total. The summed E-state index contributed by atoms with van der Waals surface area (Å²) < 4.78 is 18.3. The first-order valence-electron chi connectivity index (χ1n) is 11.2. The van der Waals surface area contributed by atoms with Crippen molar-refractivity contribution in [2.45, 2.75) is 32.7 Å². The summed E-state index contributed by atoms with van der Waals surface area (Å²) >= 11 is 0. The van der Waals surface area contributed by atoms with Crippen molar-refractivity contribution in [2.75, 3.05) is 32.3 Å². The van der Waals surface area contributed by atoms with Gasteiger partial charge in [0.15, 0.2) is 17.4 Å². The highest BCUT2D eigenvalue weighted by Crippen LogP contribution is 2.43. The Hall–Kier alpha value is -3.55. The van der Waals surface area contributed by atoms with Gasteiger partial charge in [-0.05, 0) is 43.2 Å². The number of esters is 1. The molecule has 2 heterocycles. The third-order valence-electron chi connectivity index (χ3n) is 5.97. The van der Waals surface area contributed by atoms with Gasteiger partial charge in [0, 0.05) is 6.54 Å². The predicted molar refractivity (Wildman–Crippen MR) is 125 cm³/mol. The number of fused-ring (bicyclic) bond motifs is 3. The molecule has 0 saturated carbocycles. The molecule has 4 rings (SSSR count). The van der Waals surface area contributed by atoms with Crippen LogP contribution >= 0.6 is 0 Å². The number of ether oxygens (including phenoxy) is 3. The van der Waals surface area contributed by atoms with Crippen LogP contribution in [-0.4, -0.2) is 48.8 Å². The van der Waals surface area contributed by atoms with Crippen LogP contribution in [0.5, 0.6) is 11.5 Å². The molecule has 2 aromatic carbocycles. The van der Waals surface area contributed by atoms with Gasteiger partial charge in [-0.2, -0.15) is 0 Å². The minimum atomic E-state index is -1.05. The molecule has 0 saturated heterocycles. The number of rotatable bonds is 8. The van der Waals surface area contributed by atoms with Crippen molar-refractivity contribution in [3.8, 4) is 11.5 Å². The van der Waals surface area contributed by atoms with E-state index < -0.39 is 17.9 Å². The van der Waals surface area contributed by atoms with Crippen molar-refractivity contribution in [1.29, 1.82) is 0 Å². The Kier molecular flexibility index (Phi) is 6.53. The van der Waals surface area contributed by atoms with Gasteiger partial charge in [0.1, 0.15) is 0 Å². The second-order valence-corrected chi connectivity index (χ2v) is 7.90. The maximum atomic E-state index is 13.8. The second-order valence-electron chi connectivity index (χ2n) is 7.90. The van der Waals surface area contributed by atoms with Gasteiger partial charge in [-0.3, -0.25) is 14.5 Å². The molecule has 0 unspecified atom stereocenters. The summed E-state index contributed by atoms with van der Waals surface area (Å²) in [6.07, 6.45) is 1.71. The fourth-order valence-electron chi connectivity index (χ4n) is 4.41. The molecule has 3 aromatic rings. The number of para-hydroxylation sites is 2. The number of methoxy groups -OCH3 is 2. The molecule has 1 aromatic heterocycles. The lowest BCUT2D eigenvalue weighted by molar-refractivity contribution is -0.153. The van der Waals surface area contributed by atoms with Crippen LogP contribution in [-0.2, 0) is 14.3 Å². The van der Waals surface area contributed by atoms with Gasteiger partial charge >= 0.3 is 5.97 Å². The molecule has 1 aliphatic rings. The molecule has 1 aliphatic heterocycles. The average Bonchev–Trinajstić information content (AvgIpc) is 3.21. The minimum Gasteiger partial charge on any atom is -0.493 e. The normalized spacial score (nSPS) is 17.7. The third kappa shape index (κ3) is 3.90. The number of aromatic nitrogens is 2. The lowest BCUT2D eigenvalue weighted by atomic mass is 9.89. The van der Waals surface area contributed by atoms with Crippen molar-refractivity contribution in [3.63, 3.8) is 0 Å². The van der Waals surface area contributed by atoms with Crippen LogP contribution < -0.4 is 14.4 Å². The second kappa shape index (κ2) is 9.52. The van der Waals surface area contributed by atoms with E-state index in [2.05, 4.69) is 6.92 Å². The molecule has 0 radical (unpaired) electrons. The molecular weight excluding hydrogens is 422 g/mol. The highest BCUT2D eigenvalue weighted by Gasteiger charge is 2.47. The van der Waals surface area contributed by atoms with Gasteiger partial charge in [0.2, 0.25) is 11.9 Å². The Morgan fingerprint density at radius 1 is 1.06 bits per heavy atom. The number of unbranched alkanes of at least 4 members (excludes halogenated alkanes) is 1. The van der Waals surface area contributed by atoms with Crippen LogP contribution in [0, 0.1) is 5.92 Å². The maximum Gasteiger partial charge on any atom is 0.321 e. The summed E-state index contributed by atoms with van der Waals surface area (Å²) in [7, 11) is 3.12. The van der Waals surface area contributed by atoms with E-state index in [1.54, 1.807) is 32.1 Å². The molecule has 0 N–H and O–H groups in total. The van der Waals surface area contributed by atoms with Gasteiger partial charge in [-0.15, -0.1) is 0 Å². The summed E-state index contributed by atoms with van der Waals surface area (Å²) in [4.78, 5) is 33.4. The monoisotopic (exact) mass is 451 g/mol. The van der Waals surface area contributed by atoms with Gasteiger partial charge in [0.25, 0.3) is 0 Å². The number of hydrogen-bond acceptors (Lipinski definition) is 6. The van der Waals surface area contributed by atoms with E-state index in [4.69, 9.17) is 19.2 Å². The third-order valence-corrected chi connectivity index (χ3v) is 5.97. The van der Waals surface area contributed by atoms with Crippen LogP contribution in [0.3, 0.4) is 0 Å². The van der Waals surface area contributed by atoms with E-state index >= 15 is 0 Å². The predicted octanol–water partition coefficient (Wildman–Crippen LogP) is 3.97. The van der Waals surface area contributed by atoms with Gasteiger partial charge < -0.3 is 18.8 Å². The molecule has 0 fully saturated rings. The highest BCUT2D eigenvalue weighted by molar-refractivity contribution is 6.08. The number of imidazole rings is 1. The van der Waals surface area contributed by atoms with Crippen LogP contribution in [0.1, 0.15) is 38.3 Å². The number of nitrogens with zero attached hydrogens (tertiary/aromatic N) is 3.